The number of fused-ring (bicyclic) bond motifs is 1. The zero-order chi connectivity index (χ0) is 22.2. The molecule has 0 unspecified atom stereocenters. The van der Waals surface area contributed by atoms with Gasteiger partial charge >= 0.3 is 0 Å². The Morgan fingerprint density at radius 2 is 1.97 bits per heavy atom. The Kier molecular flexibility index (Phi) is 5.27. The van der Waals surface area contributed by atoms with E-state index in [1.165, 1.54) is 24.5 Å². The van der Waals surface area contributed by atoms with Crippen molar-refractivity contribution in [3.8, 4) is 5.69 Å². The van der Waals surface area contributed by atoms with Gasteiger partial charge in [0, 0.05) is 24.0 Å². The summed E-state index contributed by atoms with van der Waals surface area (Å²) in [5.41, 5.74) is 1.94. The number of nitrogens with zero attached hydrogens (tertiary/aromatic N) is 4. The molecular weight excluding hydrogens is 423 g/mol. The molecule has 0 fully saturated rings. The SMILES string of the molecule is CC[C@H](NC(=O)c1cncc2c1cnn2-c1ccc(F)cc1)c1c[nH]c(S(C)(=O)=O)n1. The molecular formula is C20H19FN6O3S. The number of hydrogen-bond acceptors (Lipinski definition) is 6. The van der Waals surface area contributed by atoms with Gasteiger partial charge < -0.3 is 10.3 Å². The number of halogens is 1. The van der Waals surface area contributed by atoms with E-state index in [-0.39, 0.29) is 11.0 Å². The predicted molar refractivity (Wildman–Crippen MR) is 111 cm³/mol. The summed E-state index contributed by atoms with van der Waals surface area (Å²) in [4.78, 5) is 23.9. The second-order valence-corrected chi connectivity index (χ2v) is 8.92. The van der Waals surface area contributed by atoms with E-state index in [0.717, 1.165) is 6.26 Å². The van der Waals surface area contributed by atoms with Crippen LogP contribution in [-0.4, -0.2) is 45.3 Å². The third-order valence-corrected chi connectivity index (χ3v) is 5.72. The Morgan fingerprint density at radius 1 is 1.23 bits per heavy atom. The molecule has 0 saturated carbocycles. The van der Waals surface area contributed by atoms with E-state index in [1.807, 2.05) is 6.92 Å². The molecule has 31 heavy (non-hydrogen) atoms. The van der Waals surface area contributed by atoms with Gasteiger partial charge in [0.1, 0.15) is 5.82 Å². The van der Waals surface area contributed by atoms with E-state index >= 15 is 0 Å². The number of H-pyrrole nitrogens is 1. The molecule has 1 atom stereocenters. The number of rotatable bonds is 6. The average molecular weight is 442 g/mol. The van der Waals surface area contributed by atoms with Gasteiger partial charge in [-0.3, -0.25) is 9.78 Å². The number of imidazole rings is 1. The van der Waals surface area contributed by atoms with Gasteiger partial charge in [-0.1, -0.05) is 6.92 Å². The first-order chi connectivity index (χ1) is 14.8. The fourth-order valence-corrected chi connectivity index (χ4v) is 3.76. The van der Waals surface area contributed by atoms with E-state index in [0.29, 0.717) is 34.3 Å². The number of hydrogen-bond donors (Lipinski definition) is 2. The molecule has 1 amide bonds. The maximum absolute atomic E-state index is 13.2. The average Bonchev–Trinajstić information content (AvgIpc) is 3.39. The summed E-state index contributed by atoms with van der Waals surface area (Å²) in [6.45, 7) is 1.85. The van der Waals surface area contributed by atoms with Gasteiger partial charge in [-0.05, 0) is 30.7 Å². The van der Waals surface area contributed by atoms with Crippen molar-refractivity contribution < 1.29 is 17.6 Å². The summed E-state index contributed by atoms with van der Waals surface area (Å²) >= 11 is 0. The fourth-order valence-electron chi connectivity index (χ4n) is 3.22. The van der Waals surface area contributed by atoms with E-state index in [1.54, 1.807) is 29.2 Å². The molecule has 0 bridgehead atoms. The van der Waals surface area contributed by atoms with Crippen LogP contribution >= 0.6 is 0 Å². The van der Waals surface area contributed by atoms with Gasteiger partial charge in [0.05, 0.1) is 40.9 Å². The number of aromatic amines is 1. The van der Waals surface area contributed by atoms with E-state index in [4.69, 9.17) is 0 Å². The molecule has 4 aromatic rings. The Balaban J connectivity index is 1.64. The van der Waals surface area contributed by atoms with Crippen LogP contribution in [0.5, 0.6) is 0 Å². The molecule has 0 aliphatic carbocycles. The summed E-state index contributed by atoms with van der Waals surface area (Å²) in [6, 6.07) is 5.32. The minimum atomic E-state index is -3.48. The Hall–Kier alpha value is -3.60. The summed E-state index contributed by atoms with van der Waals surface area (Å²) < 4.78 is 38.1. The van der Waals surface area contributed by atoms with Crippen LogP contribution in [-0.2, 0) is 9.84 Å². The van der Waals surface area contributed by atoms with Crippen LogP contribution in [0.1, 0.15) is 35.4 Å². The van der Waals surface area contributed by atoms with Crippen LogP contribution in [0.4, 0.5) is 4.39 Å². The fraction of sp³-hybridized carbons (Fsp3) is 0.200. The third kappa shape index (κ3) is 4.04. The van der Waals surface area contributed by atoms with Crippen LogP contribution in [0.3, 0.4) is 0 Å². The van der Waals surface area contributed by atoms with Crippen molar-refractivity contribution in [2.75, 3.05) is 6.26 Å². The summed E-state index contributed by atoms with van der Waals surface area (Å²) in [7, 11) is -3.48. The minimum absolute atomic E-state index is 0.153. The summed E-state index contributed by atoms with van der Waals surface area (Å²) in [5.74, 6) is -0.756. The Bertz CT molecular complexity index is 1360. The Labute approximate surface area is 177 Å². The first-order valence-electron chi connectivity index (χ1n) is 9.42. The monoisotopic (exact) mass is 442 g/mol. The van der Waals surface area contributed by atoms with E-state index in [9.17, 15) is 17.6 Å². The molecule has 0 aliphatic heterocycles. The van der Waals surface area contributed by atoms with Gasteiger partial charge in [-0.15, -0.1) is 0 Å². The number of aromatic nitrogens is 5. The highest BCUT2D eigenvalue weighted by atomic mass is 32.2. The molecule has 2 N–H and O–H groups in total. The summed E-state index contributed by atoms with van der Waals surface area (Å²) in [5, 5.41) is 7.61. The number of benzene rings is 1. The lowest BCUT2D eigenvalue weighted by Gasteiger charge is -2.15. The molecule has 9 nitrogen and oxygen atoms in total. The smallest absolute Gasteiger partial charge is 0.254 e. The first kappa shape index (κ1) is 20.7. The standard InChI is InChI=1S/C20H19FN6O3S/c1-3-16(17-10-23-20(26-17)31(2,29)30)25-19(28)15-8-22-11-18-14(15)9-24-27(18)13-6-4-12(21)5-7-13/h4-11,16H,3H2,1-2H3,(H,23,26)(H,25,28)/t16-/m0/s1. The number of sulfone groups is 1. The van der Waals surface area contributed by atoms with Gasteiger partial charge in [0.25, 0.3) is 5.91 Å². The van der Waals surface area contributed by atoms with Gasteiger partial charge in [-0.25, -0.2) is 22.5 Å². The van der Waals surface area contributed by atoms with Gasteiger partial charge in [0.15, 0.2) is 0 Å². The largest absolute Gasteiger partial charge is 0.344 e. The molecule has 11 heteroatoms. The number of carbonyl (C=O) groups excluding carboxylic acids is 1. The van der Waals surface area contributed by atoms with Crippen molar-refractivity contribution in [1.82, 2.24) is 30.0 Å². The zero-order valence-corrected chi connectivity index (χ0v) is 17.5. The highest BCUT2D eigenvalue weighted by Gasteiger charge is 2.22. The molecule has 0 aliphatic rings. The normalized spacial score (nSPS) is 12.7. The summed E-state index contributed by atoms with van der Waals surface area (Å²) in [6.07, 6.45) is 7.58. The van der Waals surface area contributed by atoms with Crippen LogP contribution < -0.4 is 5.32 Å². The molecule has 4 rings (SSSR count). The molecule has 3 aromatic heterocycles. The highest BCUT2D eigenvalue weighted by Crippen LogP contribution is 2.23. The van der Waals surface area contributed by atoms with Crippen molar-refractivity contribution >= 4 is 26.6 Å². The van der Waals surface area contributed by atoms with Gasteiger partial charge in [0.2, 0.25) is 15.0 Å². The maximum atomic E-state index is 13.2. The highest BCUT2D eigenvalue weighted by molar-refractivity contribution is 7.90. The number of amides is 1. The second kappa shape index (κ2) is 7.91. The minimum Gasteiger partial charge on any atom is -0.344 e. The van der Waals surface area contributed by atoms with Gasteiger partial charge in [-0.2, -0.15) is 5.10 Å². The van der Waals surface area contributed by atoms with E-state index in [2.05, 4.69) is 25.4 Å². The third-order valence-electron chi connectivity index (χ3n) is 4.81. The molecule has 0 radical (unpaired) electrons. The van der Waals surface area contributed by atoms with Crippen LogP contribution in [0.2, 0.25) is 0 Å². The molecule has 160 valence electrons. The van der Waals surface area contributed by atoms with Crippen molar-refractivity contribution in [2.24, 2.45) is 0 Å². The molecule has 0 spiro atoms. The van der Waals surface area contributed by atoms with Crippen LogP contribution in [0, 0.1) is 5.82 Å². The van der Waals surface area contributed by atoms with E-state index < -0.39 is 21.8 Å². The second-order valence-electron chi connectivity index (χ2n) is 6.99. The Morgan fingerprint density at radius 3 is 2.61 bits per heavy atom. The van der Waals surface area contributed by atoms with Crippen molar-refractivity contribution in [3.05, 3.63) is 66.1 Å². The lowest BCUT2D eigenvalue weighted by atomic mass is 10.1. The van der Waals surface area contributed by atoms with Crippen molar-refractivity contribution in [3.63, 3.8) is 0 Å². The quantitative estimate of drug-likeness (QED) is 0.473. The predicted octanol–water partition coefficient (Wildman–Crippen LogP) is 2.57. The topological polar surface area (TPSA) is 123 Å². The maximum Gasteiger partial charge on any atom is 0.254 e. The number of pyridine rings is 1. The molecule has 3 heterocycles. The zero-order valence-electron chi connectivity index (χ0n) is 16.7. The molecule has 0 saturated heterocycles. The van der Waals surface area contributed by atoms with Crippen molar-refractivity contribution in [2.45, 2.75) is 24.5 Å². The van der Waals surface area contributed by atoms with Crippen LogP contribution in [0.25, 0.3) is 16.6 Å². The number of carbonyl (C=O) groups is 1. The lowest BCUT2D eigenvalue weighted by Crippen LogP contribution is -2.28. The molecule has 1 aromatic carbocycles. The van der Waals surface area contributed by atoms with Crippen LogP contribution in [0.15, 0.2) is 54.2 Å². The number of nitrogens with one attached hydrogen (secondary N) is 2. The first-order valence-corrected chi connectivity index (χ1v) is 11.3. The lowest BCUT2D eigenvalue weighted by molar-refractivity contribution is 0.0936. The van der Waals surface area contributed by atoms with Crippen molar-refractivity contribution in [1.29, 1.82) is 0 Å².